The predicted octanol–water partition coefficient (Wildman–Crippen LogP) is 4.19. The second-order valence-electron chi connectivity index (χ2n) is 7.78. The fraction of sp³-hybridized carbons (Fsp3) is 0.200. The summed E-state index contributed by atoms with van der Waals surface area (Å²) in [6, 6.07) is 31.2. The first kappa shape index (κ1) is 19.8. The van der Waals surface area contributed by atoms with E-state index in [4.69, 9.17) is 10.1 Å². The van der Waals surface area contributed by atoms with Crippen LogP contribution in [0.25, 0.3) is 0 Å². The lowest BCUT2D eigenvalue weighted by molar-refractivity contribution is 0.00884. The van der Waals surface area contributed by atoms with Gasteiger partial charge in [0.25, 0.3) is 0 Å². The molecular weight excluding hydrogens is 402 g/mol. The molecule has 2 aliphatic heterocycles. The largest absolute Gasteiger partial charge is 0.300 e. The molecule has 0 saturated heterocycles. The zero-order valence-corrected chi connectivity index (χ0v) is 18.5. The highest BCUT2D eigenvalue weighted by atomic mass is 32.2. The molecule has 0 radical (unpaired) electrons. The number of benzene rings is 3. The Balaban J connectivity index is 1.56. The SMILES string of the molecule is CN1N=C(c2ccccc2)SC12C(Cc1ccccc1)N=C(c1ccccc1)NN2C. The topological polar surface area (TPSA) is 43.2 Å². The molecular formula is C25H25N5S. The van der Waals surface area contributed by atoms with Gasteiger partial charge in [-0.2, -0.15) is 10.1 Å². The highest BCUT2D eigenvalue weighted by Crippen LogP contribution is 2.45. The van der Waals surface area contributed by atoms with E-state index in [-0.39, 0.29) is 6.04 Å². The van der Waals surface area contributed by atoms with E-state index in [9.17, 15) is 0 Å². The van der Waals surface area contributed by atoms with E-state index in [1.807, 2.05) is 31.3 Å². The van der Waals surface area contributed by atoms with Crippen LogP contribution < -0.4 is 5.43 Å². The van der Waals surface area contributed by atoms with Gasteiger partial charge in [-0.1, -0.05) is 103 Å². The molecule has 2 atom stereocenters. The van der Waals surface area contributed by atoms with Crippen LogP contribution in [0.1, 0.15) is 16.7 Å². The van der Waals surface area contributed by atoms with Crippen molar-refractivity contribution in [2.75, 3.05) is 14.1 Å². The summed E-state index contributed by atoms with van der Waals surface area (Å²) >= 11 is 1.76. The van der Waals surface area contributed by atoms with E-state index in [0.29, 0.717) is 0 Å². The second-order valence-corrected chi connectivity index (χ2v) is 8.97. The molecule has 156 valence electrons. The Morgan fingerprint density at radius 1 is 0.839 bits per heavy atom. The molecule has 2 heterocycles. The molecule has 1 N–H and O–H groups in total. The van der Waals surface area contributed by atoms with Crippen molar-refractivity contribution >= 4 is 22.6 Å². The summed E-state index contributed by atoms with van der Waals surface area (Å²) in [6.07, 6.45) is 0.818. The molecule has 0 amide bonds. The smallest absolute Gasteiger partial charge is 0.202 e. The van der Waals surface area contributed by atoms with Crippen LogP contribution in [0, 0.1) is 0 Å². The zero-order valence-electron chi connectivity index (χ0n) is 17.6. The Morgan fingerprint density at radius 2 is 1.42 bits per heavy atom. The summed E-state index contributed by atoms with van der Waals surface area (Å²) in [7, 11) is 4.13. The number of hydrogen-bond acceptors (Lipinski definition) is 6. The molecule has 0 saturated carbocycles. The van der Waals surface area contributed by atoms with Gasteiger partial charge in [-0.15, -0.1) is 0 Å². The lowest BCUT2D eigenvalue weighted by atomic mass is 10.0. The van der Waals surface area contributed by atoms with E-state index in [1.54, 1.807) is 11.8 Å². The maximum atomic E-state index is 5.24. The molecule has 2 unspecified atom stereocenters. The van der Waals surface area contributed by atoms with Gasteiger partial charge in [-0.25, -0.2) is 0 Å². The molecule has 5 rings (SSSR count). The number of nitrogens with zero attached hydrogens (tertiary/aromatic N) is 4. The molecule has 0 aromatic heterocycles. The Kier molecular flexibility index (Phi) is 5.26. The number of aliphatic imine (C=N–C) groups is 1. The van der Waals surface area contributed by atoms with Crippen molar-refractivity contribution in [2.24, 2.45) is 10.1 Å². The average Bonchev–Trinajstić information content (AvgIpc) is 3.17. The van der Waals surface area contributed by atoms with Crippen LogP contribution >= 0.6 is 11.8 Å². The van der Waals surface area contributed by atoms with Gasteiger partial charge in [-0.05, 0) is 12.0 Å². The summed E-state index contributed by atoms with van der Waals surface area (Å²) in [6.45, 7) is 0. The van der Waals surface area contributed by atoms with Crippen LogP contribution in [0.4, 0.5) is 0 Å². The molecule has 5 nitrogen and oxygen atoms in total. The standard InChI is InChI=1S/C25H25N5S/c1-29-25(30(2)28-24(31-25)21-16-10-5-11-17-21)22(18-19-12-6-3-7-13-19)26-23(27-29)20-14-8-4-9-15-20/h3-17,22H,18H2,1-2H3,(H,26,27). The van der Waals surface area contributed by atoms with Gasteiger partial charge < -0.3 is 5.43 Å². The van der Waals surface area contributed by atoms with Crippen molar-refractivity contribution in [3.63, 3.8) is 0 Å². The fourth-order valence-electron chi connectivity index (χ4n) is 4.19. The Hall–Kier alpha value is -3.09. The molecule has 3 aromatic rings. The highest BCUT2D eigenvalue weighted by Gasteiger charge is 2.54. The van der Waals surface area contributed by atoms with E-state index in [2.05, 4.69) is 89.2 Å². The summed E-state index contributed by atoms with van der Waals surface area (Å²) < 4.78 is 0. The summed E-state index contributed by atoms with van der Waals surface area (Å²) in [5.41, 5.74) is 7.00. The van der Waals surface area contributed by atoms with Crippen molar-refractivity contribution in [3.8, 4) is 0 Å². The first-order valence-corrected chi connectivity index (χ1v) is 11.2. The molecule has 1 spiro atoms. The number of nitrogens with one attached hydrogen (secondary N) is 1. The minimum Gasteiger partial charge on any atom is -0.300 e. The third-order valence-corrected chi connectivity index (χ3v) is 7.39. The lowest BCUT2D eigenvalue weighted by Gasteiger charge is -2.48. The third-order valence-electron chi connectivity index (χ3n) is 5.76. The summed E-state index contributed by atoms with van der Waals surface area (Å²) in [5, 5.41) is 10.2. The molecule has 0 fully saturated rings. The van der Waals surface area contributed by atoms with Crippen LogP contribution in [0.15, 0.2) is 101 Å². The van der Waals surface area contributed by atoms with Gasteiger partial charge in [0.15, 0.2) is 0 Å². The van der Waals surface area contributed by atoms with E-state index in [1.165, 1.54) is 5.56 Å². The number of hydrogen-bond donors (Lipinski definition) is 1. The van der Waals surface area contributed by atoms with E-state index < -0.39 is 4.99 Å². The fourth-order valence-corrected chi connectivity index (χ4v) is 5.51. The number of amidine groups is 1. The van der Waals surface area contributed by atoms with Gasteiger partial charge >= 0.3 is 0 Å². The maximum Gasteiger partial charge on any atom is 0.202 e. The van der Waals surface area contributed by atoms with Crippen molar-refractivity contribution in [1.29, 1.82) is 0 Å². The van der Waals surface area contributed by atoms with Gasteiger partial charge in [0.2, 0.25) is 4.99 Å². The number of likely N-dealkylation sites (N-methyl/N-ethyl adjacent to an activating group) is 2. The van der Waals surface area contributed by atoms with Crippen molar-refractivity contribution in [2.45, 2.75) is 17.5 Å². The van der Waals surface area contributed by atoms with Crippen LogP contribution in [-0.2, 0) is 6.42 Å². The van der Waals surface area contributed by atoms with Crippen LogP contribution in [-0.4, -0.2) is 46.0 Å². The van der Waals surface area contributed by atoms with Gasteiger partial charge in [0, 0.05) is 25.2 Å². The Bertz CT molecular complexity index is 1100. The average molecular weight is 428 g/mol. The van der Waals surface area contributed by atoms with E-state index >= 15 is 0 Å². The second kappa shape index (κ2) is 8.21. The molecule has 31 heavy (non-hydrogen) atoms. The number of thioether (sulfide) groups is 1. The molecule has 0 bridgehead atoms. The molecule has 3 aromatic carbocycles. The van der Waals surface area contributed by atoms with Crippen LogP contribution in [0.3, 0.4) is 0 Å². The van der Waals surface area contributed by atoms with E-state index in [0.717, 1.165) is 28.4 Å². The predicted molar refractivity (Wildman–Crippen MR) is 129 cm³/mol. The van der Waals surface area contributed by atoms with Crippen molar-refractivity contribution < 1.29 is 0 Å². The summed E-state index contributed by atoms with van der Waals surface area (Å²) in [5.74, 6) is 0.886. The number of hydrazone groups is 1. The van der Waals surface area contributed by atoms with Crippen LogP contribution in [0.2, 0.25) is 0 Å². The Morgan fingerprint density at radius 3 is 2.06 bits per heavy atom. The molecule has 6 heteroatoms. The summed E-state index contributed by atoms with van der Waals surface area (Å²) in [4.78, 5) is 4.77. The first-order valence-electron chi connectivity index (χ1n) is 10.4. The number of rotatable bonds is 4. The minimum atomic E-state index is -0.473. The Labute approximate surface area is 187 Å². The lowest BCUT2D eigenvalue weighted by Crippen LogP contribution is -2.67. The van der Waals surface area contributed by atoms with Crippen molar-refractivity contribution in [3.05, 3.63) is 108 Å². The maximum absolute atomic E-state index is 5.24. The molecule has 0 aliphatic carbocycles. The van der Waals surface area contributed by atoms with Crippen LogP contribution in [0.5, 0.6) is 0 Å². The monoisotopic (exact) mass is 427 g/mol. The highest BCUT2D eigenvalue weighted by molar-refractivity contribution is 8.15. The number of hydrazine groups is 1. The van der Waals surface area contributed by atoms with Gasteiger partial charge in [-0.3, -0.25) is 10.0 Å². The first-order chi connectivity index (χ1) is 15.2. The molecule has 2 aliphatic rings. The minimum absolute atomic E-state index is 0.0312. The van der Waals surface area contributed by atoms with Crippen molar-refractivity contribution in [1.82, 2.24) is 15.4 Å². The normalized spacial score (nSPS) is 23.4. The quantitative estimate of drug-likeness (QED) is 0.678. The van der Waals surface area contributed by atoms with Gasteiger partial charge in [0.05, 0.1) is 0 Å². The third kappa shape index (κ3) is 3.62. The zero-order chi connectivity index (χ0) is 21.3. The van der Waals surface area contributed by atoms with Gasteiger partial charge in [0.1, 0.15) is 16.9 Å².